The summed E-state index contributed by atoms with van der Waals surface area (Å²) in [6, 6.07) is -0.0423. The first kappa shape index (κ1) is 15.1. The van der Waals surface area contributed by atoms with Gasteiger partial charge < -0.3 is 19.6 Å². The van der Waals surface area contributed by atoms with Crippen LogP contribution in [0.3, 0.4) is 0 Å². The summed E-state index contributed by atoms with van der Waals surface area (Å²) in [6.07, 6.45) is 1.38. The number of carboxylic acid groups (broad SMARTS) is 1. The molecule has 6 nitrogen and oxygen atoms in total. The molecule has 20 heavy (non-hydrogen) atoms. The Morgan fingerprint density at radius 1 is 1.15 bits per heavy atom. The Hall–Kier alpha value is -1.30. The minimum absolute atomic E-state index is 0.0188. The molecule has 0 spiro atoms. The van der Waals surface area contributed by atoms with E-state index in [1.54, 1.807) is 9.80 Å². The molecule has 2 amide bonds. The summed E-state index contributed by atoms with van der Waals surface area (Å²) in [5.74, 6) is -0.771. The highest BCUT2D eigenvalue weighted by atomic mass is 16.5. The molecule has 1 unspecified atom stereocenters. The molecular weight excluding hydrogens is 260 g/mol. The zero-order valence-electron chi connectivity index (χ0n) is 12.3. The third kappa shape index (κ3) is 2.75. The molecule has 1 N–H and O–H groups in total. The lowest BCUT2D eigenvalue weighted by molar-refractivity contribution is -0.150. The molecule has 1 atom stereocenters. The van der Waals surface area contributed by atoms with E-state index in [0.29, 0.717) is 45.8 Å². The predicted octanol–water partition coefficient (Wildman–Crippen LogP) is 1.26. The van der Waals surface area contributed by atoms with Crippen molar-refractivity contribution < 1.29 is 19.4 Å². The van der Waals surface area contributed by atoms with Crippen LogP contribution < -0.4 is 0 Å². The van der Waals surface area contributed by atoms with Crippen molar-refractivity contribution in [2.75, 3.05) is 39.4 Å². The van der Waals surface area contributed by atoms with E-state index in [-0.39, 0.29) is 11.9 Å². The normalized spacial score (nSPS) is 27.8. The van der Waals surface area contributed by atoms with Crippen LogP contribution in [0.2, 0.25) is 0 Å². The molecule has 2 saturated heterocycles. The first-order valence-electron chi connectivity index (χ1n) is 7.32. The van der Waals surface area contributed by atoms with Crippen molar-refractivity contribution >= 4 is 12.0 Å². The average Bonchev–Trinajstić information content (AvgIpc) is 2.69. The quantitative estimate of drug-likeness (QED) is 0.829. The number of likely N-dealkylation sites (tertiary alicyclic amines) is 1. The van der Waals surface area contributed by atoms with E-state index < -0.39 is 11.4 Å². The highest BCUT2D eigenvalue weighted by Crippen LogP contribution is 2.38. The number of hydrogen-bond donors (Lipinski definition) is 1. The monoisotopic (exact) mass is 284 g/mol. The minimum Gasteiger partial charge on any atom is -0.481 e. The first-order chi connectivity index (χ1) is 9.47. The molecule has 0 aromatic heterocycles. The summed E-state index contributed by atoms with van der Waals surface area (Å²) in [7, 11) is 0. The van der Waals surface area contributed by atoms with Crippen molar-refractivity contribution in [1.82, 2.24) is 9.80 Å². The molecule has 0 aromatic rings. The van der Waals surface area contributed by atoms with Gasteiger partial charge in [-0.25, -0.2) is 4.79 Å². The summed E-state index contributed by atoms with van der Waals surface area (Å²) in [5.41, 5.74) is -0.794. The van der Waals surface area contributed by atoms with Crippen LogP contribution in [0.25, 0.3) is 0 Å². The third-order valence-electron chi connectivity index (χ3n) is 4.60. The largest absolute Gasteiger partial charge is 0.481 e. The molecule has 0 radical (unpaired) electrons. The molecule has 2 fully saturated rings. The molecule has 0 bridgehead atoms. The van der Waals surface area contributed by atoms with Crippen molar-refractivity contribution in [2.45, 2.75) is 26.7 Å². The zero-order valence-corrected chi connectivity index (χ0v) is 12.3. The van der Waals surface area contributed by atoms with Gasteiger partial charge >= 0.3 is 12.0 Å². The van der Waals surface area contributed by atoms with E-state index >= 15 is 0 Å². The summed E-state index contributed by atoms with van der Waals surface area (Å²) in [6.45, 7) is 7.22. The Morgan fingerprint density at radius 2 is 1.90 bits per heavy atom. The highest BCUT2D eigenvalue weighted by molar-refractivity contribution is 5.80. The number of amides is 2. The fourth-order valence-corrected chi connectivity index (χ4v) is 3.03. The van der Waals surface area contributed by atoms with Crippen LogP contribution in [0.5, 0.6) is 0 Å². The number of carboxylic acids is 1. The van der Waals surface area contributed by atoms with E-state index in [1.165, 1.54) is 0 Å². The van der Waals surface area contributed by atoms with Crippen LogP contribution >= 0.6 is 0 Å². The van der Waals surface area contributed by atoms with Gasteiger partial charge in [0.25, 0.3) is 0 Å². The summed E-state index contributed by atoms with van der Waals surface area (Å²) >= 11 is 0. The van der Waals surface area contributed by atoms with Crippen LogP contribution in [0.1, 0.15) is 26.7 Å². The number of aliphatic carboxylic acids is 1. The second kappa shape index (κ2) is 5.99. The zero-order chi connectivity index (χ0) is 14.8. The number of carbonyl (C=O) groups excluding carboxylic acids is 1. The lowest BCUT2D eigenvalue weighted by Crippen LogP contribution is -2.46. The molecule has 0 aliphatic carbocycles. The summed E-state index contributed by atoms with van der Waals surface area (Å²) in [5, 5.41) is 9.52. The molecule has 2 heterocycles. The van der Waals surface area contributed by atoms with Gasteiger partial charge in [-0.1, -0.05) is 13.8 Å². The van der Waals surface area contributed by atoms with E-state index in [4.69, 9.17) is 4.74 Å². The topological polar surface area (TPSA) is 70.1 Å². The van der Waals surface area contributed by atoms with Crippen molar-refractivity contribution in [3.05, 3.63) is 0 Å². The molecule has 114 valence electrons. The van der Waals surface area contributed by atoms with Gasteiger partial charge in [0, 0.05) is 32.8 Å². The van der Waals surface area contributed by atoms with Crippen molar-refractivity contribution in [3.63, 3.8) is 0 Å². The average molecular weight is 284 g/mol. The van der Waals surface area contributed by atoms with Crippen molar-refractivity contribution in [3.8, 4) is 0 Å². The van der Waals surface area contributed by atoms with Gasteiger partial charge in [-0.15, -0.1) is 0 Å². The van der Waals surface area contributed by atoms with E-state index in [1.807, 2.05) is 13.8 Å². The van der Waals surface area contributed by atoms with Crippen LogP contribution in [0, 0.1) is 11.3 Å². The molecule has 0 aromatic carbocycles. The highest BCUT2D eigenvalue weighted by Gasteiger charge is 2.49. The fraction of sp³-hybridized carbons (Fsp3) is 0.857. The molecule has 2 aliphatic heterocycles. The Kier molecular flexibility index (Phi) is 4.52. The molecule has 6 heteroatoms. The maximum Gasteiger partial charge on any atom is 0.320 e. The van der Waals surface area contributed by atoms with Crippen molar-refractivity contribution in [2.24, 2.45) is 11.3 Å². The number of hydrogen-bond acceptors (Lipinski definition) is 3. The molecular formula is C14H24N2O4. The van der Waals surface area contributed by atoms with Gasteiger partial charge in [-0.05, 0) is 18.8 Å². The second-order valence-corrected chi connectivity index (χ2v) is 6.02. The summed E-state index contributed by atoms with van der Waals surface area (Å²) < 4.78 is 5.35. The number of urea groups is 1. The van der Waals surface area contributed by atoms with Crippen LogP contribution in [0.4, 0.5) is 4.79 Å². The standard InChI is InChI=1S/C14H24N2O4/c1-11(2)14(12(17)18)4-6-16(10-14)13(19)15-5-3-8-20-9-7-15/h11H,3-10H2,1-2H3,(H,17,18). The van der Waals surface area contributed by atoms with Crippen LogP contribution in [-0.4, -0.2) is 66.3 Å². The first-order valence-corrected chi connectivity index (χ1v) is 7.32. The number of ether oxygens (including phenoxy) is 1. The Morgan fingerprint density at radius 3 is 2.50 bits per heavy atom. The Labute approximate surface area is 119 Å². The lowest BCUT2D eigenvalue weighted by Gasteiger charge is -2.30. The Balaban J connectivity index is 2.04. The van der Waals surface area contributed by atoms with Crippen LogP contribution in [0.15, 0.2) is 0 Å². The maximum atomic E-state index is 12.5. The van der Waals surface area contributed by atoms with Crippen LogP contribution in [-0.2, 0) is 9.53 Å². The molecule has 0 saturated carbocycles. The van der Waals surface area contributed by atoms with Gasteiger partial charge in [0.1, 0.15) is 0 Å². The van der Waals surface area contributed by atoms with Crippen molar-refractivity contribution in [1.29, 1.82) is 0 Å². The number of nitrogens with zero attached hydrogens (tertiary/aromatic N) is 2. The maximum absolute atomic E-state index is 12.5. The summed E-state index contributed by atoms with van der Waals surface area (Å²) in [4.78, 5) is 27.6. The van der Waals surface area contributed by atoms with Gasteiger partial charge in [0.15, 0.2) is 0 Å². The second-order valence-electron chi connectivity index (χ2n) is 6.02. The van der Waals surface area contributed by atoms with Gasteiger partial charge in [-0.3, -0.25) is 4.79 Å². The predicted molar refractivity (Wildman–Crippen MR) is 73.5 cm³/mol. The van der Waals surface area contributed by atoms with E-state index in [0.717, 1.165) is 6.42 Å². The minimum atomic E-state index is -0.794. The lowest BCUT2D eigenvalue weighted by atomic mass is 9.76. The number of rotatable bonds is 2. The van der Waals surface area contributed by atoms with E-state index in [2.05, 4.69) is 0 Å². The van der Waals surface area contributed by atoms with Gasteiger partial charge in [-0.2, -0.15) is 0 Å². The third-order valence-corrected chi connectivity index (χ3v) is 4.60. The molecule has 2 aliphatic rings. The number of carbonyl (C=O) groups is 2. The van der Waals surface area contributed by atoms with Gasteiger partial charge in [0.2, 0.25) is 0 Å². The molecule has 2 rings (SSSR count). The fourth-order valence-electron chi connectivity index (χ4n) is 3.03. The Bertz CT molecular complexity index is 377. The smallest absolute Gasteiger partial charge is 0.320 e. The van der Waals surface area contributed by atoms with Gasteiger partial charge in [0.05, 0.1) is 12.0 Å². The SMILES string of the molecule is CC(C)C1(C(=O)O)CCN(C(=O)N2CCCOCC2)C1. The van der Waals surface area contributed by atoms with E-state index in [9.17, 15) is 14.7 Å².